The molecule has 1 unspecified atom stereocenters. The van der Waals surface area contributed by atoms with E-state index in [1.807, 2.05) is 0 Å². The van der Waals surface area contributed by atoms with Crippen LogP contribution < -0.4 is 0 Å². The zero-order valence-corrected chi connectivity index (χ0v) is 10.4. The Labute approximate surface area is 102 Å². The standard InChI is InChI=1S/C14H20O3/c1-2-3-4-5-7-12(11-15)10-13(16)14-8-6-9-17-14/h6,8-9,11-12H,2-5,7,10H2,1H3. The third-order valence-electron chi connectivity index (χ3n) is 2.86. The topological polar surface area (TPSA) is 47.3 Å². The number of Topliss-reactive ketones (excluding diaryl/α,β-unsaturated/α-hetero) is 1. The van der Waals surface area contributed by atoms with Crippen molar-refractivity contribution < 1.29 is 14.0 Å². The summed E-state index contributed by atoms with van der Waals surface area (Å²) in [7, 11) is 0. The summed E-state index contributed by atoms with van der Waals surface area (Å²) in [6, 6.07) is 3.33. The van der Waals surface area contributed by atoms with Crippen molar-refractivity contribution >= 4 is 12.1 Å². The maximum absolute atomic E-state index is 11.7. The van der Waals surface area contributed by atoms with Gasteiger partial charge in [0.2, 0.25) is 0 Å². The van der Waals surface area contributed by atoms with Crippen LogP contribution in [0.1, 0.15) is 56.0 Å². The molecule has 0 saturated heterocycles. The van der Waals surface area contributed by atoms with Gasteiger partial charge in [-0.2, -0.15) is 0 Å². The molecule has 0 aromatic carbocycles. The summed E-state index contributed by atoms with van der Waals surface area (Å²) >= 11 is 0. The monoisotopic (exact) mass is 236 g/mol. The fourth-order valence-electron chi connectivity index (χ4n) is 1.83. The molecule has 17 heavy (non-hydrogen) atoms. The number of furan rings is 1. The van der Waals surface area contributed by atoms with Crippen LogP contribution in [0.2, 0.25) is 0 Å². The Bertz CT molecular complexity index is 327. The van der Waals surface area contributed by atoms with E-state index in [9.17, 15) is 9.59 Å². The number of unbranched alkanes of at least 4 members (excludes halogenated alkanes) is 3. The molecule has 0 radical (unpaired) electrons. The second kappa shape index (κ2) is 7.82. The number of hydrogen-bond donors (Lipinski definition) is 0. The Kier molecular flexibility index (Phi) is 6.30. The normalized spacial score (nSPS) is 12.3. The van der Waals surface area contributed by atoms with E-state index in [0.29, 0.717) is 5.76 Å². The summed E-state index contributed by atoms with van der Waals surface area (Å²) in [5.74, 6) is 0.109. The lowest BCUT2D eigenvalue weighted by Gasteiger charge is -2.07. The van der Waals surface area contributed by atoms with Crippen LogP contribution in [0.25, 0.3) is 0 Å². The summed E-state index contributed by atoms with van der Waals surface area (Å²) < 4.78 is 5.02. The van der Waals surface area contributed by atoms with Gasteiger partial charge in [-0.05, 0) is 18.6 Å². The average Bonchev–Trinajstić information content (AvgIpc) is 2.86. The van der Waals surface area contributed by atoms with Crippen LogP contribution in [0, 0.1) is 5.92 Å². The Morgan fingerprint density at radius 2 is 2.24 bits per heavy atom. The first-order valence-corrected chi connectivity index (χ1v) is 6.30. The first kappa shape index (κ1) is 13.7. The summed E-state index contributed by atoms with van der Waals surface area (Å²) in [6.07, 6.45) is 7.96. The van der Waals surface area contributed by atoms with Crippen molar-refractivity contribution in [1.82, 2.24) is 0 Å². The van der Waals surface area contributed by atoms with Crippen molar-refractivity contribution in [3.05, 3.63) is 24.2 Å². The minimum absolute atomic E-state index is 0.0809. The first-order valence-electron chi connectivity index (χ1n) is 6.30. The zero-order chi connectivity index (χ0) is 12.5. The van der Waals surface area contributed by atoms with Gasteiger partial charge in [0, 0.05) is 12.3 Å². The van der Waals surface area contributed by atoms with Gasteiger partial charge in [-0.3, -0.25) is 4.79 Å². The van der Waals surface area contributed by atoms with Crippen molar-refractivity contribution in [2.75, 3.05) is 0 Å². The van der Waals surface area contributed by atoms with Crippen molar-refractivity contribution in [3.63, 3.8) is 0 Å². The van der Waals surface area contributed by atoms with E-state index >= 15 is 0 Å². The molecule has 0 aliphatic heterocycles. The van der Waals surface area contributed by atoms with E-state index < -0.39 is 0 Å². The van der Waals surface area contributed by atoms with Gasteiger partial charge in [0.05, 0.1) is 6.26 Å². The Morgan fingerprint density at radius 3 is 2.82 bits per heavy atom. The highest BCUT2D eigenvalue weighted by Crippen LogP contribution is 2.16. The van der Waals surface area contributed by atoms with Gasteiger partial charge in [-0.25, -0.2) is 0 Å². The van der Waals surface area contributed by atoms with Crippen LogP contribution in [-0.2, 0) is 4.79 Å². The maximum atomic E-state index is 11.7. The van der Waals surface area contributed by atoms with Crippen molar-refractivity contribution in [2.45, 2.75) is 45.4 Å². The molecular weight excluding hydrogens is 216 g/mol. The summed E-state index contributed by atoms with van der Waals surface area (Å²) in [5.41, 5.74) is 0. The molecule has 0 bridgehead atoms. The lowest BCUT2D eigenvalue weighted by atomic mass is 9.96. The quantitative estimate of drug-likeness (QED) is 0.373. The molecule has 0 aliphatic carbocycles. The van der Waals surface area contributed by atoms with E-state index in [1.165, 1.54) is 19.1 Å². The summed E-state index contributed by atoms with van der Waals surface area (Å²) in [6.45, 7) is 2.15. The lowest BCUT2D eigenvalue weighted by Crippen LogP contribution is -2.09. The maximum Gasteiger partial charge on any atom is 0.198 e. The predicted octanol–water partition coefficient (Wildman–Crippen LogP) is 3.64. The van der Waals surface area contributed by atoms with Gasteiger partial charge >= 0.3 is 0 Å². The number of rotatable bonds is 9. The molecule has 0 spiro atoms. The fourth-order valence-corrected chi connectivity index (χ4v) is 1.83. The minimum Gasteiger partial charge on any atom is -0.461 e. The molecule has 1 atom stereocenters. The highest BCUT2D eigenvalue weighted by molar-refractivity contribution is 5.94. The molecule has 0 N–H and O–H groups in total. The third-order valence-corrected chi connectivity index (χ3v) is 2.86. The molecule has 3 nitrogen and oxygen atoms in total. The summed E-state index contributed by atoms with van der Waals surface area (Å²) in [5, 5.41) is 0. The van der Waals surface area contributed by atoms with Gasteiger partial charge in [0.25, 0.3) is 0 Å². The second-order valence-electron chi connectivity index (χ2n) is 4.35. The highest BCUT2D eigenvalue weighted by atomic mass is 16.3. The number of carbonyl (C=O) groups excluding carboxylic acids is 2. The predicted molar refractivity (Wildman–Crippen MR) is 66.0 cm³/mol. The molecule has 94 valence electrons. The Balaban J connectivity index is 2.31. The number of aldehydes is 1. The molecule has 0 saturated carbocycles. The first-order chi connectivity index (χ1) is 8.27. The van der Waals surface area contributed by atoms with Crippen molar-refractivity contribution in [2.24, 2.45) is 5.92 Å². The highest BCUT2D eigenvalue weighted by Gasteiger charge is 2.16. The number of ketones is 1. The van der Waals surface area contributed by atoms with E-state index in [2.05, 4.69) is 6.92 Å². The van der Waals surface area contributed by atoms with Crippen molar-refractivity contribution in [3.8, 4) is 0 Å². The number of carbonyl (C=O) groups is 2. The zero-order valence-electron chi connectivity index (χ0n) is 10.4. The Hall–Kier alpha value is -1.38. The van der Waals surface area contributed by atoms with Gasteiger partial charge < -0.3 is 9.21 Å². The summed E-state index contributed by atoms with van der Waals surface area (Å²) in [4.78, 5) is 22.6. The van der Waals surface area contributed by atoms with E-state index in [0.717, 1.165) is 25.5 Å². The van der Waals surface area contributed by atoms with Crippen molar-refractivity contribution in [1.29, 1.82) is 0 Å². The van der Waals surface area contributed by atoms with Crippen LogP contribution in [0.5, 0.6) is 0 Å². The lowest BCUT2D eigenvalue weighted by molar-refractivity contribution is -0.111. The van der Waals surface area contributed by atoms with Crippen LogP contribution in [0.3, 0.4) is 0 Å². The van der Waals surface area contributed by atoms with Gasteiger partial charge in [-0.15, -0.1) is 0 Å². The molecule has 1 aromatic rings. The van der Waals surface area contributed by atoms with Crippen LogP contribution >= 0.6 is 0 Å². The van der Waals surface area contributed by atoms with E-state index in [-0.39, 0.29) is 18.1 Å². The van der Waals surface area contributed by atoms with Crippen LogP contribution in [0.15, 0.2) is 22.8 Å². The second-order valence-corrected chi connectivity index (χ2v) is 4.35. The third kappa shape index (κ3) is 4.98. The smallest absolute Gasteiger partial charge is 0.198 e. The molecule has 0 fully saturated rings. The van der Waals surface area contributed by atoms with Gasteiger partial charge in [0.15, 0.2) is 11.5 Å². The molecule has 0 amide bonds. The SMILES string of the molecule is CCCCCCC(C=O)CC(=O)c1ccco1. The molecule has 1 rings (SSSR count). The molecule has 0 aliphatic rings. The molecule has 1 aromatic heterocycles. The molecule has 1 heterocycles. The van der Waals surface area contributed by atoms with Gasteiger partial charge in [-0.1, -0.05) is 32.6 Å². The molecule has 3 heteroatoms. The largest absolute Gasteiger partial charge is 0.461 e. The minimum atomic E-state index is -0.163. The average molecular weight is 236 g/mol. The number of hydrogen-bond acceptors (Lipinski definition) is 3. The Morgan fingerprint density at radius 1 is 1.41 bits per heavy atom. The molecular formula is C14H20O3. The van der Waals surface area contributed by atoms with E-state index in [4.69, 9.17) is 4.42 Å². The van der Waals surface area contributed by atoms with Crippen LogP contribution in [0.4, 0.5) is 0 Å². The fraction of sp³-hybridized carbons (Fsp3) is 0.571. The van der Waals surface area contributed by atoms with E-state index in [1.54, 1.807) is 12.1 Å². The van der Waals surface area contributed by atoms with Gasteiger partial charge in [0.1, 0.15) is 6.29 Å². The van der Waals surface area contributed by atoms with Crippen LogP contribution in [-0.4, -0.2) is 12.1 Å².